The SMILES string of the molecule is Fc1cccc(-c2cccc(-c3nc(-c4cc(-n5c6ccccc6c6c(-c7cccc8c7c7ccccc7n8-c7ccccc7)cccc65)cc(-n5c6ccccc6c6c(-c7cccc8c7c7ccccc7n8-c7ccccc7)cccc65)c4)c4c(ccc5ccccc54)n3)c2)c1. The van der Waals surface area contributed by atoms with Gasteiger partial charge in [0.1, 0.15) is 5.82 Å². The van der Waals surface area contributed by atoms with E-state index in [9.17, 15) is 4.39 Å². The number of benzene rings is 15. The average molecular weight is 1240 g/mol. The van der Waals surface area contributed by atoms with Crippen molar-refractivity contribution in [2.24, 2.45) is 0 Å². The Bertz CT molecular complexity index is 6350. The van der Waals surface area contributed by atoms with E-state index in [-0.39, 0.29) is 5.82 Å². The minimum atomic E-state index is -0.289. The molecule has 6 nitrogen and oxygen atoms in total. The Morgan fingerprint density at radius 3 is 1.06 bits per heavy atom. The number of hydrogen-bond donors (Lipinski definition) is 0. The average Bonchev–Trinajstić information content (AvgIpc) is 1.59. The van der Waals surface area contributed by atoms with Crippen LogP contribution in [0.5, 0.6) is 0 Å². The van der Waals surface area contributed by atoms with Gasteiger partial charge in [-0.1, -0.05) is 218 Å². The molecule has 97 heavy (non-hydrogen) atoms. The monoisotopic (exact) mass is 1240 g/mol. The first-order chi connectivity index (χ1) is 48.1. The molecule has 0 aliphatic carbocycles. The topological polar surface area (TPSA) is 45.5 Å². The Balaban J connectivity index is 0.883. The molecule has 0 N–H and O–H groups in total. The van der Waals surface area contributed by atoms with Gasteiger partial charge in [-0.15, -0.1) is 0 Å². The smallest absolute Gasteiger partial charge is 0.160 e. The van der Waals surface area contributed by atoms with E-state index < -0.39 is 0 Å². The molecule has 0 amide bonds. The first kappa shape index (κ1) is 54.6. The van der Waals surface area contributed by atoms with E-state index in [0.717, 1.165) is 149 Å². The van der Waals surface area contributed by atoms with Crippen molar-refractivity contribution in [1.82, 2.24) is 28.2 Å². The second-order valence-corrected chi connectivity index (χ2v) is 25.3. The van der Waals surface area contributed by atoms with Gasteiger partial charge in [-0.2, -0.15) is 0 Å². The van der Waals surface area contributed by atoms with Crippen molar-refractivity contribution >= 4 is 109 Å². The quantitative estimate of drug-likeness (QED) is 0.135. The van der Waals surface area contributed by atoms with Crippen LogP contribution in [0.25, 0.3) is 188 Å². The van der Waals surface area contributed by atoms with Crippen LogP contribution in [0.4, 0.5) is 4.39 Å². The van der Waals surface area contributed by atoms with Crippen molar-refractivity contribution in [2.75, 3.05) is 0 Å². The van der Waals surface area contributed by atoms with Gasteiger partial charge < -0.3 is 18.3 Å². The van der Waals surface area contributed by atoms with E-state index in [1.54, 1.807) is 12.1 Å². The summed E-state index contributed by atoms with van der Waals surface area (Å²) < 4.78 is 24.7. The summed E-state index contributed by atoms with van der Waals surface area (Å²) in [6, 6.07) is 119. The highest BCUT2D eigenvalue weighted by atomic mass is 19.1. The number of hydrogen-bond acceptors (Lipinski definition) is 2. The third-order valence-electron chi connectivity index (χ3n) is 20.0. The lowest BCUT2D eigenvalue weighted by molar-refractivity contribution is 0.628. The van der Waals surface area contributed by atoms with Gasteiger partial charge in [-0.05, 0) is 159 Å². The Hall–Kier alpha value is -13.0. The maximum Gasteiger partial charge on any atom is 0.160 e. The van der Waals surface area contributed by atoms with E-state index in [1.807, 2.05) is 18.2 Å². The fourth-order valence-electron chi connectivity index (χ4n) is 16.0. The normalized spacial score (nSPS) is 12.0. The Morgan fingerprint density at radius 2 is 0.598 bits per heavy atom. The molecule has 0 spiro atoms. The molecule has 452 valence electrons. The largest absolute Gasteiger partial charge is 0.309 e. The van der Waals surface area contributed by atoms with Crippen LogP contribution in [0.3, 0.4) is 0 Å². The molecule has 0 bridgehead atoms. The first-order valence-electron chi connectivity index (χ1n) is 33.0. The molecule has 20 aromatic rings. The van der Waals surface area contributed by atoms with Crippen LogP contribution in [0.2, 0.25) is 0 Å². The fourth-order valence-corrected chi connectivity index (χ4v) is 16.0. The van der Waals surface area contributed by atoms with Crippen LogP contribution in [0.1, 0.15) is 0 Å². The van der Waals surface area contributed by atoms with Gasteiger partial charge in [0.25, 0.3) is 0 Å². The molecule has 0 fully saturated rings. The molecule has 5 aromatic heterocycles. The third-order valence-corrected chi connectivity index (χ3v) is 20.0. The summed E-state index contributed by atoms with van der Waals surface area (Å²) in [6.45, 7) is 0. The second kappa shape index (κ2) is 21.5. The van der Waals surface area contributed by atoms with Gasteiger partial charge in [0.2, 0.25) is 0 Å². The molecule has 0 aliphatic heterocycles. The van der Waals surface area contributed by atoms with E-state index >= 15 is 0 Å². The predicted octanol–water partition coefficient (Wildman–Crippen LogP) is 23.6. The van der Waals surface area contributed by atoms with Crippen molar-refractivity contribution < 1.29 is 4.39 Å². The standard InChI is InChI=1S/C90H55FN6/c91-61-27-18-25-58(52-61)57-24-17-26-59(51-57)90-92-75-50-49-56-23-7-8-32-66(56)88(75)89(93-90)60-53-64(96-78-43-15-11-35-73(78)86-69(39-21-47-82(86)96)67-37-19-45-80-84(67)71-33-9-13-41-76(71)94(80)62-28-3-1-4-29-62)55-65(54-60)97-79-44-16-12-36-74(79)87-70(40-22-48-83(87)97)68-38-20-46-81-85(68)72-34-10-14-42-77(72)95(81)63-30-5-2-6-31-63/h1-55H. The zero-order chi connectivity index (χ0) is 63.8. The molecular formula is C90H55FN6. The lowest BCUT2D eigenvalue weighted by Crippen LogP contribution is -2.02. The molecule has 15 aromatic carbocycles. The Morgan fingerprint density at radius 1 is 0.227 bits per heavy atom. The highest BCUT2D eigenvalue weighted by Gasteiger charge is 2.26. The number of fused-ring (bicyclic) bond motifs is 15. The van der Waals surface area contributed by atoms with Crippen LogP contribution in [-0.4, -0.2) is 28.2 Å². The maximum absolute atomic E-state index is 14.9. The van der Waals surface area contributed by atoms with Crippen molar-refractivity contribution in [1.29, 1.82) is 0 Å². The molecule has 0 unspecified atom stereocenters. The summed E-state index contributed by atoms with van der Waals surface area (Å²) in [5.74, 6) is 0.277. The van der Waals surface area contributed by atoms with Gasteiger partial charge in [0.15, 0.2) is 5.82 Å². The van der Waals surface area contributed by atoms with Crippen LogP contribution >= 0.6 is 0 Å². The summed E-state index contributed by atoms with van der Waals surface area (Å²) >= 11 is 0. The number of nitrogens with zero attached hydrogens (tertiary/aromatic N) is 6. The van der Waals surface area contributed by atoms with Crippen molar-refractivity contribution in [3.8, 4) is 78.8 Å². The summed E-state index contributed by atoms with van der Waals surface area (Å²) in [7, 11) is 0. The van der Waals surface area contributed by atoms with Gasteiger partial charge in [-0.3, -0.25) is 0 Å². The second-order valence-electron chi connectivity index (χ2n) is 25.3. The van der Waals surface area contributed by atoms with Crippen molar-refractivity contribution in [3.63, 3.8) is 0 Å². The summed E-state index contributed by atoms with van der Waals surface area (Å²) in [6.07, 6.45) is 0. The summed E-state index contributed by atoms with van der Waals surface area (Å²) in [5, 5.41) is 12.5. The van der Waals surface area contributed by atoms with Gasteiger partial charge in [0.05, 0.1) is 55.3 Å². The highest BCUT2D eigenvalue weighted by Crippen LogP contribution is 2.48. The number of para-hydroxylation sites is 6. The zero-order valence-corrected chi connectivity index (χ0v) is 52.3. The third kappa shape index (κ3) is 8.38. The number of halogens is 1. The van der Waals surface area contributed by atoms with Gasteiger partial charge in [-0.25, -0.2) is 14.4 Å². The number of rotatable bonds is 9. The number of aromatic nitrogens is 6. The minimum absolute atomic E-state index is 0.289. The Kier molecular flexibility index (Phi) is 12.1. The van der Waals surface area contributed by atoms with E-state index in [1.165, 1.54) is 38.7 Å². The lowest BCUT2D eigenvalue weighted by Gasteiger charge is -2.18. The molecule has 0 saturated carbocycles. The first-order valence-corrected chi connectivity index (χ1v) is 33.0. The molecular weight excluding hydrogens is 1180 g/mol. The van der Waals surface area contributed by atoms with Gasteiger partial charge >= 0.3 is 0 Å². The van der Waals surface area contributed by atoms with Crippen molar-refractivity contribution in [3.05, 3.63) is 339 Å². The predicted molar refractivity (Wildman–Crippen MR) is 402 cm³/mol. The molecule has 0 aliphatic rings. The minimum Gasteiger partial charge on any atom is -0.309 e. The van der Waals surface area contributed by atoms with Crippen LogP contribution in [0.15, 0.2) is 334 Å². The summed E-state index contributed by atoms with van der Waals surface area (Å²) in [4.78, 5) is 11.2. The van der Waals surface area contributed by atoms with Crippen LogP contribution in [-0.2, 0) is 0 Å². The fraction of sp³-hybridized carbons (Fsp3) is 0. The molecule has 0 saturated heterocycles. The van der Waals surface area contributed by atoms with E-state index in [2.05, 4.69) is 316 Å². The van der Waals surface area contributed by atoms with Gasteiger partial charge in [0, 0.05) is 82.4 Å². The van der Waals surface area contributed by atoms with E-state index in [0.29, 0.717) is 5.82 Å². The molecule has 5 heterocycles. The zero-order valence-electron chi connectivity index (χ0n) is 52.3. The maximum atomic E-state index is 14.9. The molecule has 7 heteroatoms. The van der Waals surface area contributed by atoms with Crippen molar-refractivity contribution in [2.45, 2.75) is 0 Å². The molecule has 0 radical (unpaired) electrons. The lowest BCUT2D eigenvalue weighted by atomic mass is 9.95. The molecule has 20 rings (SSSR count). The Labute approximate surface area is 556 Å². The summed E-state index contributed by atoms with van der Waals surface area (Å²) in [5.41, 5.74) is 22.7. The highest BCUT2D eigenvalue weighted by molar-refractivity contribution is 6.24. The van der Waals surface area contributed by atoms with Crippen LogP contribution < -0.4 is 0 Å². The molecule has 0 atom stereocenters. The van der Waals surface area contributed by atoms with E-state index in [4.69, 9.17) is 9.97 Å². The van der Waals surface area contributed by atoms with Crippen LogP contribution in [0, 0.1) is 5.82 Å².